The van der Waals surface area contributed by atoms with Crippen LogP contribution in [0.1, 0.15) is 30.3 Å². The molecule has 2 heterocycles. The van der Waals surface area contributed by atoms with Gasteiger partial charge in [-0.05, 0) is 38.0 Å². The van der Waals surface area contributed by atoms with Gasteiger partial charge in [-0.25, -0.2) is 4.79 Å². The molecule has 1 saturated heterocycles. The molecule has 2 amide bonds. The SMILES string of the molecule is Cc1cccc(-c2noc([C@H]3CCCN3C(=O)Nc3cccc(Cl)c3Cl)n2)c1. The molecule has 1 aliphatic rings. The summed E-state index contributed by atoms with van der Waals surface area (Å²) in [6.45, 7) is 2.60. The molecule has 0 spiro atoms. The van der Waals surface area contributed by atoms with Crippen LogP contribution in [-0.2, 0) is 0 Å². The molecule has 0 bridgehead atoms. The van der Waals surface area contributed by atoms with Crippen LogP contribution in [0.25, 0.3) is 11.4 Å². The molecule has 4 rings (SSSR count). The Morgan fingerprint density at radius 2 is 2.07 bits per heavy atom. The van der Waals surface area contributed by atoms with E-state index in [1.807, 2.05) is 31.2 Å². The van der Waals surface area contributed by atoms with E-state index >= 15 is 0 Å². The van der Waals surface area contributed by atoms with E-state index < -0.39 is 0 Å². The van der Waals surface area contributed by atoms with Gasteiger partial charge < -0.3 is 14.7 Å². The summed E-state index contributed by atoms with van der Waals surface area (Å²) in [6.07, 6.45) is 1.61. The average molecular weight is 417 g/mol. The summed E-state index contributed by atoms with van der Waals surface area (Å²) < 4.78 is 5.49. The fourth-order valence-electron chi connectivity index (χ4n) is 3.33. The first-order valence-corrected chi connectivity index (χ1v) is 9.71. The second-order valence-corrected chi connectivity index (χ2v) is 7.49. The van der Waals surface area contributed by atoms with Gasteiger partial charge >= 0.3 is 6.03 Å². The number of nitrogens with zero attached hydrogens (tertiary/aromatic N) is 3. The second-order valence-electron chi connectivity index (χ2n) is 6.71. The van der Waals surface area contributed by atoms with E-state index in [-0.39, 0.29) is 12.1 Å². The first kappa shape index (κ1) is 18.8. The molecule has 1 fully saturated rings. The van der Waals surface area contributed by atoms with Gasteiger partial charge in [0, 0.05) is 12.1 Å². The predicted octanol–water partition coefficient (Wildman–Crippen LogP) is 5.72. The average Bonchev–Trinajstić information content (AvgIpc) is 3.34. The summed E-state index contributed by atoms with van der Waals surface area (Å²) >= 11 is 12.2. The van der Waals surface area contributed by atoms with E-state index in [2.05, 4.69) is 15.5 Å². The molecule has 1 atom stereocenters. The number of anilines is 1. The number of carbonyl (C=O) groups is 1. The third kappa shape index (κ3) is 3.70. The highest BCUT2D eigenvalue weighted by molar-refractivity contribution is 6.43. The summed E-state index contributed by atoms with van der Waals surface area (Å²) in [5, 5.41) is 7.61. The van der Waals surface area contributed by atoms with Crippen LogP contribution in [0.5, 0.6) is 0 Å². The van der Waals surface area contributed by atoms with Crippen molar-refractivity contribution in [1.29, 1.82) is 0 Å². The number of carbonyl (C=O) groups excluding carboxylic acids is 1. The number of nitrogens with one attached hydrogen (secondary N) is 1. The molecular formula is C20H18Cl2N4O2. The Kier molecular flexibility index (Phi) is 5.24. The van der Waals surface area contributed by atoms with Crippen molar-refractivity contribution in [2.75, 3.05) is 11.9 Å². The van der Waals surface area contributed by atoms with E-state index in [9.17, 15) is 4.79 Å². The topological polar surface area (TPSA) is 71.3 Å². The van der Waals surface area contributed by atoms with Crippen LogP contribution >= 0.6 is 23.2 Å². The Labute approximate surface area is 172 Å². The number of likely N-dealkylation sites (tertiary alicyclic amines) is 1. The maximum Gasteiger partial charge on any atom is 0.322 e. The van der Waals surface area contributed by atoms with Crippen LogP contribution in [0, 0.1) is 6.92 Å². The lowest BCUT2D eigenvalue weighted by Gasteiger charge is -2.22. The zero-order valence-electron chi connectivity index (χ0n) is 15.2. The number of hydrogen-bond acceptors (Lipinski definition) is 4. The first-order chi connectivity index (χ1) is 13.5. The maximum atomic E-state index is 12.8. The first-order valence-electron chi connectivity index (χ1n) is 8.95. The monoisotopic (exact) mass is 416 g/mol. The van der Waals surface area contributed by atoms with Crippen molar-refractivity contribution in [2.45, 2.75) is 25.8 Å². The lowest BCUT2D eigenvalue weighted by Crippen LogP contribution is -2.34. The number of aryl methyl sites for hydroxylation is 1. The van der Waals surface area contributed by atoms with Crippen LogP contribution in [-0.4, -0.2) is 27.6 Å². The zero-order chi connectivity index (χ0) is 19.7. The third-order valence-electron chi connectivity index (χ3n) is 4.71. The molecular weight excluding hydrogens is 399 g/mol. The maximum absolute atomic E-state index is 12.8. The van der Waals surface area contributed by atoms with E-state index in [1.165, 1.54) is 0 Å². The van der Waals surface area contributed by atoms with Gasteiger partial charge in [-0.3, -0.25) is 0 Å². The van der Waals surface area contributed by atoms with Gasteiger partial charge in [-0.1, -0.05) is 58.2 Å². The largest absolute Gasteiger partial charge is 0.337 e. The third-order valence-corrected chi connectivity index (χ3v) is 5.53. The minimum absolute atomic E-state index is 0.274. The lowest BCUT2D eigenvalue weighted by molar-refractivity contribution is 0.193. The zero-order valence-corrected chi connectivity index (χ0v) is 16.7. The van der Waals surface area contributed by atoms with Crippen molar-refractivity contribution < 1.29 is 9.32 Å². The van der Waals surface area contributed by atoms with Crippen molar-refractivity contribution in [3.63, 3.8) is 0 Å². The van der Waals surface area contributed by atoms with Gasteiger partial charge in [0.05, 0.1) is 15.7 Å². The van der Waals surface area contributed by atoms with Gasteiger partial charge in [0.25, 0.3) is 0 Å². The Morgan fingerprint density at radius 1 is 1.25 bits per heavy atom. The van der Waals surface area contributed by atoms with Crippen LogP contribution < -0.4 is 5.32 Å². The van der Waals surface area contributed by atoms with Gasteiger partial charge in [0.15, 0.2) is 0 Å². The summed E-state index contributed by atoms with van der Waals surface area (Å²) in [6, 6.07) is 12.4. The molecule has 28 heavy (non-hydrogen) atoms. The molecule has 0 aliphatic carbocycles. The number of benzene rings is 2. The van der Waals surface area contributed by atoms with Crippen LogP contribution in [0.15, 0.2) is 47.0 Å². The highest BCUT2D eigenvalue weighted by Gasteiger charge is 2.34. The van der Waals surface area contributed by atoms with Crippen molar-refractivity contribution in [1.82, 2.24) is 15.0 Å². The minimum Gasteiger partial charge on any atom is -0.337 e. The summed E-state index contributed by atoms with van der Waals surface area (Å²) in [5.41, 5.74) is 2.47. The van der Waals surface area contributed by atoms with Crippen LogP contribution in [0.3, 0.4) is 0 Å². The minimum atomic E-state index is -0.276. The van der Waals surface area contributed by atoms with Gasteiger partial charge in [0.2, 0.25) is 11.7 Å². The fourth-order valence-corrected chi connectivity index (χ4v) is 3.67. The van der Waals surface area contributed by atoms with Crippen molar-refractivity contribution in [2.24, 2.45) is 0 Å². The number of rotatable bonds is 3. The fraction of sp³-hybridized carbons (Fsp3) is 0.250. The number of amides is 2. The Balaban J connectivity index is 1.54. The molecule has 0 saturated carbocycles. The van der Waals surface area contributed by atoms with E-state index in [4.69, 9.17) is 27.7 Å². The van der Waals surface area contributed by atoms with Crippen molar-refractivity contribution in [3.8, 4) is 11.4 Å². The van der Waals surface area contributed by atoms with Gasteiger partial charge in [0.1, 0.15) is 6.04 Å². The Hall–Kier alpha value is -2.57. The molecule has 8 heteroatoms. The normalized spacial score (nSPS) is 16.4. The van der Waals surface area contributed by atoms with E-state index in [0.29, 0.717) is 34.0 Å². The molecule has 1 N–H and O–H groups in total. The molecule has 144 valence electrons. The quantitative estimate of drug-likeness (QED) is 0.592. The predicted molar refractivity (Wildman–Crippen MR) is 109 cm³/mol. The van der Waals surface area contributed by atoms with E-state index in [1.54, 1.807) is 23.1 Å². The van der Waals surface area contributed by atoms with Gasteiger partial charge in [-0.15, -0.1) is 0 Å². The molecule has 3 aromatic rings. The highest BCUT2D eigenvalue weighted by Crippen LogP contribution is 2.34. The van der Waals surface area contributed by atoms with Gasteiger partial charge in [-0.2, -0.15) is 4.98 Å². The summed E-state index contributed by atoms with van der Waals surface area (Å²) in [5.74, 6) is 0.949. The number of halogens is 2. The summed E-state index contributed by atoms with van der Waals surface area (Å²) in [4.78, 5) is 19.0. The van der Waals surface area contributed by atoms with Crippen LogP contribution in [0.4, 0.5) is 10.5 Å². The molecule has 1 aromatic heterocycles. The molecule has 0 radical (unpaired) electrons. The Bertz CT molecular complexity index is 1020. The Morgan fingerprint density at radius 3 is 2.89 bits per heavy atom. The molecule has 1 aliphatic heterocycles. The number of hydrogen-bond donors (Lipinski definition) is 1. The molecule has 2 aromatic carbocycles. The molecule has 6 nitrogen and oxygen atoms in total. The number of urea groups is 1. The smallest absolute Gasteiger partial charge is 0.322 e. The lowest BCUT2D eigenvalue weighted by atomic mass is 10.1. The second kappa shape index (κ2) is 7.81. The van der Waals surface area contributed by atoms with E-state index in [0.717, 1.165) is 24.0 Å². The standard InChI is InChI=1S/C20H18Cl2N4O2/c1-12-5-2-6-13(11-12)18-24-19(28-25-18)16-9-4-10-26(16)20(27)23-15-8-3-7-14(21)17(15)22/h2-3,5-8,11,16H,4,9-10H2,1H3,(H,23,27)/t16-/m1/s1. The van der Waals surface area contributed by atoms with Crippen molar-refractivity contribution in [3.05, 3.63) is 64.0 Å². The number of aromatic nitrogens is 2. The van der Waals surface area contributed by atoms with Crippen molar-refractivity contribution >= 4 is 34.9 Å². The molecule has 0 unspecified atom stereocenters. The summed E-state index contributed by atoms with van der Waals surface area (Å²) in [7, 11) is 0. The highest BCUT2D eigenvalue weighted by atomic mass is 35.5. The van der Waals surface area contributed by atoms with Crippen LogP contribution in [0.2, 0.25) is 10.0 Å².